The first-order chi connectivity index (χ1) is 4.77. The summed E-state index contributed by atoms with van der Waals surface area (Å²) in [5, 5.41) is 0. The van der Waals surface area contributed by atoms with E-state index in [4.69, 9.17) is 0 Å². The zero-order chi connectivity index (χ0) is 7.82. The van der Waals surface area contributed by atoms with Crippen molar-refractivity contribution in [1.29, 1.82) is 0 Å². The first kappa shape index (κ1) is 10.8. The van der Waals surface area contributed by atoms with Crippen LogP contribution in [-0.4, -0.2) is 16.3 Å². The zero-order valence-electron chi connectivity index (χ0n) is 6.90. The molecule has 0 aromatic rings. The van der Waals surface area contributed by atoms with Crippen LogP contribution in [0.5, 0.6) is 0 Å². The molecule has 62 valence electrons. The molecule has 0 radical (unpaired) electrons. The van der Waals surface area contributed by atoms with Crippen molar-refractivity contribution in [2.75, 3.05) is 11.5 Å². The highest BCUT2D eigenvalue weighted by molar-refractivity contribution is 9.09. The fourth-order valence-electron chi connectivity index (χ4n) is 0.774. The molecule has 2 heteroatoms. The molecule has 0 nitrogen and oxygen atoms in total. The molecule has 0 amide bonds. The molecule has 0 rings (SSSR count). The minimum Gasteiger partial charge on any atom is -0.162 e. The Bertz CT molecular complexity index is 64.3. The minimum atomic E-state index is 0.708. The van der Waals surface area contributed by atoms with Crippen LogP contribution in [0.2, 0.25) is 0 Å². The van der Waals surface area contributed by atoms with Crippen molar-refractivity contribution in [3.8, 4) is 0 Å². The molecular formula is C8H17BrS. The van der Waals surface area contributed by atoms with Crippen LogP contribution >= 0.6 is 27.7 Å². The summed E-state index contributed by atoms with van der Waals surface area (Å²) >= 11 is 5.58. The Balaban J connectivity index is 2.77. The van der Waals surface area contributed by atoms with Gasteiger partial charge in [-0.3, -0.25) is 0 Å². The lowest BCUT2D eigenvalue weighted by Gasteiger charge is -2.01. The van der Waals surface area contributed by atoms with Gasteiger partial charge in [-0.15, -0.1) is 0 Å². The molecule has 0 spiro atoms. The van der Waals surface area contributed by atoms with Crippen LogP contribution in [0.1, 0.15) is 33.1 Å². The fraction of sp³-hybridized carbons (Fsp3) is 1.00. The SMILES string of the molecule is CCSCCCCC(C)Br. The molecule has 0 bridgehead atoms. The van der Waals surface area contributed by atoms with E-state index >= 15 is 0 Å². The number of rotatable bonds is 6. The number of alkyl halides is 1. The quantitative estimate of drug-likeness (QED) is 0.490. The van der Waals surface area contributed by atoms with E-state index in [1.807, 2.05) is 11.8 Å². The maximum atomic E-state index is 3.54. The van der Waals surface area contributed by atoms with Gasteiger partial charge in [0.05, 0.1) is 0 Å². The first-order valence-corrected chi connectivity index (χ1v) is 6.06. The second-order valence-electron chi connectivity index (χ2n) is 2.47. The molecule has 0 aromatic heterocycles. The van der Waals surface area contributed by atoms with E-state index in [1.54, 1.807) is 0 Å². The second-order valence-corrected chi connectivity index (χ2v) is 5.43. The largest absolute Gasteiger partial charge is 0.162 e. The van der Waals surface area contributed by atoms with Crippen molar-refractivity contribution in [1.82, 2.24) is 0 Å². The Labute approximate surface area is 77.3 Å². The summed E-state index contributed by atoms with van der Waals surface area (Å²) in [7, 11) is 0. The number of hydrogen-bond acceptors (Lipinski definition) is 1. The van der Waals surface area contributed by atoms with E-state index in [1.165, 1.54) is 30.8 Å². The third-order valence-corrected chi connectivity index (χ3v) is 2.79. The summed E-state index contributed by atoms with van der Waals surface area (Å²) in [5.74, 6) is 2.61. The number of halogens is 1. The molecule has 0 saturated heterocycles. The van der Waals surface area contributed by atoms with E-state index in [0.717, 1.165) is 0 Å². The molecule has 0 aliphatic heterocycles. The van der Waals surface area contributed by atoms with E-state index in [-0.39, 0.29) is 0 Å². The van der Waals surface area contributed by atoms with Gasteiger partial charge in [0.1, 0.15) is 0 Å². The van der Waals surface area contributed by atoms with Gasteiger partial charge in [0, 0.05) is 4.83 Å². The van der Waals surface area contributed by atoms with Crippen molar-refractivity contribution >= 4 is 27.7 Å². The van der Waals surface area contributed by atoms with Gasteiger partial charge in [-0.25, -0.2) is 0 Å². The van der Waals surface area contributed by atoms with Gasteiger partial charge < -0.3 is 0 Å². The highest BCUT2D eigenvalue weighted by Gasteiger charge is 1.94. The van der Waals surface area contributed by atoms with E-state index < -0.39 is 0 Å². The average molecular weight is 225 g/mol. The normalized spacial score (nSPS) is 13.5. The smallest absolute Gasteiger partial charge is 0.0117 e. The lowest BCUT2D eigenvalue weighted by atomic mass is 10.2. The molecule has 0 aliphatic carbocycles. The van der Waals surface area contributed by atoms with Crippen LogP contribution in [0.15, 0.2) is 0 Å². The summed E-state index contributed by atoms with van der Waals surface area (Å²) in [4.78, 5) is 0.708. The van der Waals surface area contributed by atoms with Crippen LogP contribution < -0.4 is 0 Å². The molecular weight excluding hydrogens is 208 g/mol. The van der Waals surface area contributed by atoms with Crippen LogP contribution in [0, 0.1) is 0 Å². The van der Waals surface area contributed by atoms with Crippen molar-refractivity contribution < 1.29 is 0 Å². The third kappa shape index (κ3) is 8.83. The number of unbranched alkanes of at least 4 members (excludes halogenated alkanes) is 1. The van der Waals surface area contributed by atoms with E-state index in [9.17, 15) is 0 Å². The number of hydrogen-bond donors (Lipinski definition) is 0. The minimum absolute atomic E-state index is 0.708. The zero-order valence-corrected chi connectivity index (χ0v) is 9.30. The van der Waals surface area contributed by atoms with Gasteiger partial charge in [-0.05, 0) is 24.3 Å². The second kappa shape index (κ2) is 7.93. The van der Waals surface area contributed by atoms with Crippen LogP contribution in [0.4, 0.5) is 0 Å². The summed E-state index contributed by atoms with van der Waals surface area (Å²) in [6.07, 6.45) is 4.08. The summed E-state index contributed by atoms with van der Waals surface area (Å²) in [6.45, 7) is 4.44. The lowest BCUT2D eigenvalue weighted by Crippen LogP contribution is -1.90. The van der Waals surface area contributed by atoms with Crippen molar-refractivity contribution in [2.45, 2.75) is 37.9 Å². The van der Waals surface area contributed by atoms with Crippen LogP contribution in [-0.2, 0) is 0 Å². The predicted molar refractivity (Wildman–Crippen MR) is 55.2 cm³/mol. The van der Waals surface area contributed by atoms with Crippen molar-refractivity contribution in [3.63, 3.8) is 0 Å². The highest BCUT2D eigenvalue weighted by Crippen LogP contribution is 2.11. The molecule has 0 saturated carbocycles. The maximum absolute atomic E-state index is 3.54. The highest BCUT2D eigenvalue weighted by atomic mass is 79.9. The molecule has 1 unspecified atom stereocenters. The Morgan fingerprint density at radius 3 is 2.60 bits per heavy atom. The van der Waals surface area contributed by atoms with Gasteiger partial charge in [0.15, 0.2) is 0 Å². The first-order valence-electron chi connectivity index (χ1n) is 3.99. The predicted octanol–water partition coefficient (Wildman–Crippen LogP) is 3.69. The molecule has 0 aliphatic rings. The van der Waals surface area contributed by atoms with E-state index in [0.29, 0.717) is 4.83 Å². The standard InChI is InChI=1S/C8H17BrS/c1-3-10-7-5-4-6-8(2)9/h8H,3-7H2,1-2H3. The third-order valence-electron chi connectivity index (χ3n) is 1.34. The average Bonchev–Trinajstić information content (AvgIpc) is 1.87. The Hall–Kier alpha value is 0.830. The number of thioether (sulfide) groups is 1. The van der Waals surface area contributed by atoms with Crippen molar-refractivity contribution in [3.05, 3.63) is 0 Å². The molecule has 0 fully saturated rings. The summed E-state index contributed by atoms with van der Waals surface area (Å²) in [5.41, 5.74) is 0. The molecule has 0 aromatic carbocycles. The van der Waals surface area contributed by atoms with E-state index in [2.05, 4.69) is 29.8 Å². The summed E-state index contributed by atoms with van der Waals surface area (Å²) in [6, 6.07) is 0. The molecule has 10 heavy (non-hydrogen) atoms. The maximum Gasteiger partial charge on any atom is 0.0117 e. The molecule has 0 heterocycles. The summed E-state index contributed by atoms with van der Waals surface area (Å²) < 4.78 is 0. The van der Waals surface area contributed by atoms with Crippen LogP contribution in [0.25, 0.3) is 0 Å². The Kier molecular flexibility index (Phi) is 8.59. The van der Waals surface area contributed by atoms with Gasteiger partial charge >= 0.3 is 0 Å². The Morgan fingerprint density at radius 1 is 1.40 bits per heavy atom. The Morgan fingerprint density at radius 2 is 2.10 bits per heavy atom. The monoisotopic (exact) mass is 224 g/mol. The molecule has 1 atom stereocenters. The topological polar surface area (TPSA) is 0 Å². The van der Waals surface area contributed by atoms with Crippen LogP contribution in [0.3, 0.4) is 0 Å². The van der Waals surface area contributed by atoms with Gasteiger partial charge in [0.25, 0.3) is 0 Å². The van der Waals surface area contributed by atoms with Crippen molar-refractivity contribution in [2.24, 2.45) is 0 Å². The molecule has 0 N–H and O–H groups in total. The van der Waals surface area contributed by atoms with Gasteiger partial charge in [-0.2, -0.15) is 11.8 Å². The van der Waals surface area contributed by atoms with Gasteiger partial charge in [0.2, 0.25) is 0 Å². The fourth-order valence-corrected chi connectivity index (χ4v) is 1.79. The van der Waals surface area contributed by atoms with Gasteiger partial charge in [-0.1, -0.05) is 36.2 Å². The lowest BCUT2D eigenvalue weighted by molar-refractivity contribution is 0.724.